The molecule has 0 bridgehead atoms. The van der Waals surface area contributed by atoms with E-state index in [9.17, 15) is 38.4 Å². The van der Waals surface area contributed by atoms with Crippen LogP contribution in [0.5, 0.6) is 0 Å². The maximum Gasteiger partial charge on any atom is 0.314 e. The number of hydrogen-bond acceptors (Lipinski definition) is 12. The van der Waals surface area contributed by atoms with E-state index >= 15 is 0 Å². The second-order valence-corrected chi connectivity index (χ2v) is 21.3. The number of carbonyl (C=O) groups is 8. The highest BCUT2D eigenvalue weighted by molar-refractivity contribution is 6.12. The van der Waals surface area contributed by atoms with Gasteiger partial charge in [-0.05, 0) is 68.9 Å². The first-order valence-electron chi connectivity index (χ1n) is 26.7. The fraction of sp³-hybridized carbons (Fsp3) is 0.704. The zero-order valence-electron chi connectivity index (χ0n) is 45.7. The van der Waals surface area contributed by atoms with Crippen LogP contribution in [-0.4, -0.2) is 188 Å². The lowest BCUT2D eigenvalue weighted by atomic mass is 9.89. The van der Waals surface area contributed by atoms with Gasteiger partial charge in [0.05, 0.1) is 49.3 Å². The van der Waals surface area contributed by atoms with Crippen molar-refractivity contribution in [1.82, 2.24) is 45.9 Å². The first kappa shape index (κ1) is 59.4. The number of benzene rings is 1. The first-order chi connectivity index (χ1) is 35.2. The monoisotopic (exact) mass is 1040 g/mol. The number of hydrogen-bond donors (Lipinski definition) is 4. The molecule has 20 nitrogen and oxygen atoms in total. The van der Waals surface area contributed by atoms with Crippen molar-refractivity contribution in [3.63, 3.8) is 0 Å². The van der Waals surface area contributed by atoms with E-state index in [1.54, 1.807) is 30.9 Å². The van der Waals surface area contributed by atoms with Gasteiger partial charge in [-0.1, -0.05) is 85.2 Å². The van der Waals surface area contributed by atoms with Gasteiger partial charge in [-0.15, -0.1) is 0 Å². The Morgan fingerprint density at radius 2 is 1.53 bits per heavy atom. The maximum absolute atomic E-state index is 14.7. The summed E-state index contributed by atoms with van der Waals surface area (Å²) in [4.78, 5) is 120. The summed E-state index contributed by atoms with van der Waals surface area (Å²) < 4.78 is 12.2. The number of carbonyl (C=O) groups excluding carboxylic acids is 8. The molecule has 0 spiro atoms. The third-order valence-corrected chi connectivity index (χ3v) is 15.5. The molecule has 3 heterocycles. The Morgan fingerprint density at radius 3 is 2.12 bits per heavy atom. The van der Waals surface area contributed by atoms with E-state index in [0.717, 1.165) is 23.3 Å². The predicted molar refractivity (Wildman–Crippen MR) is 278 cm³/mol. The standard InChI is InChI=1S/C54H85N9O11/c1-12-36(6)47(60(9)51(69)45(34(2)3)57-50(68)46(35(4)5)59(8)27-19-25-55-53(71)56-26-30-62-42(64)23-24-43(62)65)41(72-10)32-44(66)61-28-18-22-40(61)48(73-11)37(7)49(67)58-54(52(70)63-29-16-17-31-74-63)33-39(54)38-20-14-13-15-21-38/h13-15,20-21,23-24,34-37,39-41,45-48H,12,16-19,22,25-33H2,1-11H3,(H,57,68)(H,58,67)(H2,55,56,71)/t36-,37+,39+,40-,41+,45-,46-,47-,48+,54-/m0/s1. The fourth-order valence-electron chi connectivity index (χ4n) is 11.0. The van der Waals surface area contributed by atoms with E-state index in [1.165, 1.54) is 24.3 Å². The fourth-order valence-corrected chi connectivity index (χ4v) is 11.0. The highest BCUT2D eigenvalue weighted by Gasteiger charge is 2.64. The van der Waals surface area contributed by atoms with Crippen molar-refractivity contribution in [2.24, 2.45) is 23.7 Å². The van der Waals surface area contributed by atoms with Gasteiger partial charge in [0.1, 0.15) is 11.6 Å². The van der Waals surface area contributed by atoms with E-state index in [0.29, 0.717) is 64.9 Å². The average Bonchev–Trinajstić information content (AvgIpc) is 3.73. The molecule has 20 heteroatoms. The molecule has 3 fully saturated rings. The Labute approximate surface area is 438 Å². The minimum absolute atomic E-state index is 0.0450. The molecule has 2 saturated heterocycles. The van der Waals surface area contributed by atoms with Crippen LogP contribution in [0.3, 0.4) is 0 Å². The van der Waals surface area contributed by atoms with Crippen LogP contribution in [-0.2, 0) is 47.9 Å². The van der Waals surface area contributed by atoms with Crippen molar-refractivity contribution < 1.29 is 52.7 Å². The summed E-state index contributed by atoms with van der Waals surface area (Å²) in [6.07, 6.45) is 5.54. The molecule has 1 saturated carbocycles. The van der Waals surface area contributed by atoms with Crippen LogP contribution >= 0.6 is 0 Å². The molecule has 9 amide bonds. The number of amides is 9. The van der Waals surface area contributed by atoms with Crippen molar-refractivity contribution in [2.45, 2.75) is 148 Å². The van der Waals surface area contributed by atoms with Crippen LogP contribution < -0.4 is 21.3 Å². The zero-order chi connectivity index (χ0) is 54.4. The van der Waals surface area contributed by atoms with E-state index in [-0.39, 0.29) is 72.7 Å². The smallest absolute Gasteiger partial charge is 0.314 e. The van der Waals surface area contributed by atoms with Gasteiger partial charge in [-0.3, -0.25) is 48.2 Å². The van der Waals surface area contributed by atoms with Crippen molar-refractivity contribution in [3.8, 4) is 0 Å². The maximum atomic E-state index is 14.7. The molecular weight excluding hydrogens is 951 g/mol. The molecule has 0 unspecified atom stereocenters. The van der Waals surface area contributed by atoms with E-state index in [4.69, 9.17) is 14.3 Å². The van der Waals surface area contributed by atoms with Crippen molar-refractivity contribution in [1.29, 1.82) is 0 Å². The third kappa shape index (κ3) is 14.5. The van der Waals surface area contributed by atoms with Crippen molar-refractivity contribution in [2.75, 3.05) is 74.2 Å². The average molecular weight is 1040 g/mol. The summed E-state index contributed by atoms with van der Waals surface area (Å²) in [5, 5.41) is 13.0. The van der Waals surface area contributed by atoms with Gasteiger partial charge in [0, 0.05) is 78.6 Å². The number of likely N-dealkylation sites (tertiary alicyclic amines) is 1. The topological polar surface area (TPSA) is 229 Å². The first-order valence-corrected chi connectivity index (χ1v) is 26.7. The lowest BCUT2D eigenvalue weighted by molar-refractivity contribution is -0.200. The third-order valence-electron chi connectivity index (χ3n) is 15.5. The van der Waals surface area contributed by atoms with Crippen LogP contribution in [0, 0.1) is 23.7 Å². The molecule has 1 aromatic rings. The largest absolute Gasteiger partial charge is 0.379 e. The van der Waals surface area contributed by atoms with Gasteiger partial charge in [-0.2, -0.15) is 0 Å². The summed E-state index contributed by atoms with van der Waals surface area (Å²) in [5.41, 5.74) is -0.208. The minimum Gasteiger partial charge on any atom is -0.379 e. The molecule has 5 rings (SSSR count). The van der Waals surface area contributed by atoms with E-state index in [1.807, 2.05) is 83.8 Å². The number of nitrogens with one attached hydrogen (secondary N) is 4. The highest BCUT2D eigenvalue weighted by Crippen LogP contribution is 2.53. The molecule has 4 aliphatic rings. The van der Waals surface area contributed by atoms with Crippen LogP contribution in [0.4, 0.5) is 4.79 Å². The van der Waals surface area contributed by atoms with Crippen LogP contribution in [0.25, 0.3) is 0 Å². The number of hydroxylamine groups is 2. The molecule has 0 radical (unpaired) electrons. The Kier molecular flexibility index (Phi) is 22.0. The van der Waals surface area contributed by atoms with Gasteiger partial charge in [0.15, 0.2) is 0 Å². The van der Waals surface area contributed by atoms with Gasteiger partial charge >= 0.3 is 6.03 Å². The minimum atomic E-state index is -1.17. The van der Waals surface area contributed by atoms with E-state index < -0.39 is 65.7 Å². The SMILES string of the molecule is CC[C@H](C)[C@@H]([C@@H](CC(=O)N1CCC[C@H]1[C@H](OC)[C@@H](C)C(=O)N[C@@]1(C(=O)N2CCCCO2)C[C@@H]1c1ccccc1)OC)N(C)C(=O)[C@@H](NC(=O)[C@H](C(C)C)N(C)CCCNC(=O)NCCN1C(=O)C=CC1=O)C(C)C. The molecule has 3 aliphatic heterocycles. The number of likely N-dealkylation sites (N-methyl/N-ethyl adjacent to an activating group) is 2. The van der Waals surface area contributed by atoms with Gasteiger partial charge < -0.3 is 40.5 Å². The summed E-state index contributed by atoms with van der Waals surface area (Å²) in [7, 11) is 6.61. The number of urea groups is 1. The van der Waals surface area contributed by atoms with Crippen LogP contribution in [0.1, 0.15) is 111 Å². The van der Waals surface area contributed by atoms with Crippen LogP contribution in [0.2, 0.25) is 0 Å². The number of ether oxygens (including phenoxy) is 2. The second-order valence-electron chi connectivity index (χ2n) is 21.3. The lowest BCUT2D eigenvalue weighted by Crippen LogP contribution is -2.60. The molecule has 1 aromatic carbocycles. The van der Waals surface area contributed by atoms with Crippen LogP contribution in [0.15, 0.2) is 42.5 Å². The number of methoxy groups -OCH3 is 2. The molecule has 1 aliphatic carbocycles. The molecular formula is C54H85N9O11. The zero-order valence-corrected chi connectivity index (χ0v) is 45.7. The normalized spacial score (nSPS) is 22.5. The van der Waals surface area contributed by atoms with Gasteiger partial charge in [-0.25, -0.2) is 9.86 Å². The van der Waals surface area contributed by atoms with E-state index in [2.05, 4.69) is 21.3 Å². The highest BCUT2D eigenvalue weighted by atomic mass is 16.7. The Bertz CT molecular complexity index is 2120. The van der Waals surface area contributed by atoms with Gasteiger partial charge in [0.25, 0.3) is 17.7 Å². The predicted octanol–water partition coefficient (Wildman–Crippen LogP) is 3.21. The number of imide groups is 1. The van der Waals surface area contributed by atoms with Gasteiger partial charge in [0.2, 0.25) is 23.6 Å². The summed E-state index contributed by atoms with van der Waals surface area (Å²) in [6.45, 7) is 15.7. The molecule has 0 aromatic heterocycles. The Hall–Kier alpha value is -5.44. The summed E-state index contributed by atoms with van der Waals surface area (Å²) >= 11 is 0. The summed E-state index contributed by atoms with van der Waals surface area (Å²) in [5.74, 6) is -3.74. The Morgan fingerprint density at radius 1 is 0.851 bits per heavy atom. The number of nitrogens with zero attached hydrogens (tertiary/aromatic N) is 5. The summed E-state index contributed by atoms with van der Waals surface area (Å²) in [6, 6.07) is 6.77. The lowest BCUT2D eigenvalue weighted by Gasteiger charge is -2.41. The molecule has 412 valence electrons. The van der Waals surface area contributed by atoms with Crippen molar-refractivity contribution in [3.05, 3.63) is 48.0 Å². The molecule has 4 N–H and O–H groups in total. The number of rotatable bonds is 27. The Balaban J connectivity index is 1.20. The second kappa shape index (κ2) is 27.4. The molecule has 10 atom stereocenters. The molecule has 74 heavy (non-hydrogen) atoms. The quantitative estimate of drug-likeness (QED) is 0.0736. The van der Waals surface area contributed by atoms with Crippen molar-refractivity contribution >= 4 is 47.4 Å².